The molecule has 1 atom stereocenters. The molecule has 6 heteroatoms. The van der Waals surface area contributed by atoms with E-state index in [1.165, 1.54) is 0 Å². The predicted molar refractivity (Wildman–Crippen MR) is 89.7 cm³/mol. The molecular weight excluding hydrogens is 310 g/mol. The Morgan fingerprint density at radius 3 is 2.46 bits per heavy atom. The molecule has 1 saturated carbocycles. The van der Waals surface area contributed by atoms with Crippen molar-refractivity contribution in [3.05, 3.63) is 0 Å². The van der Waals surface area contributed by atoms with E-state index in [4.69, 9.17) is 9.47 Å². The summed E-state index contributed by atoms with van der Waals surface area (Å²) < 4.78 is 11.4. The van der Waals surface area contributed by atoms with Crippen molar-refractivity contribution in [2.24, 2.45) is 0 Å². The van der Waals surface area contributed by atoms with E-state index in [0.717, 1.165) is 51.4 Å². The van der Waals surface area contributed by atoms with Crippen molar-refractivity contribution in [2.75, 3.05) is 6.61 Å². The Morgan fingerprint density at radius 1 is 1.21 bits per heavy atom. The highest BCUT2D eigenvalue weighted by Crippen LogP contribution is 2.46. The normalized spacial score (nSPS) is 22.7. The van der Waals surface area contributed by atoms with Gasteiger partial charge in [0.2, 0.25) is 6.10 Å². The van der Waals surface area contributed by atoms with E-state index < -0.39 is 29.4 Å². The van der Waals surface area contributed by atoms with Gasteiger partial charge in [-0.15, -0.1) is 0 Å². The number of carboxylic acids is 1. The van der Waals surface area contributed by atoms with Crippen molar-refractivity contribution in [1.29, 1.82) is 0 Å². The fraction of sp³-hybridized carbons (Fsp3) is 0.889. The van der Waals surface area contributed by atoms with Gasteiger partial charge in [0.1, 0.15) is 5.72 Å². The average Bonchev–Trinajstić information content (AvgIpc) is 3.07. The van der Waals surface area contributed by atoms with Gasteiger partial charge < -0.3 is 14.6 Å². The lowest BCUT2D eigenvalue weighted by molar-refractivity contribution is -0.149. The first-order chi connectivity index (χ1) is 11.3. The third-order valence-electron chi connectivity index (χ3n) is 5.11. The van der Waals surface area contributed by atoms with Gasteiger partial charge in [0.05, 0.1) is 12.1 Å². The second kappa shape index (κ2) is 7.72. The maximum atomic E-state index is 12.8. The van der Waals surface area contributed by atoms with Gasteiger partial charge in [-0.1, -0.05) is 26.2 Å². The highest BCUT2D eigenvalue weighted by atomic mass is 16.6. The van der Waals surface area contributed by atoms with Crippen molar-refractivity contribution in [1.82, 2.24) is 4.90 Å². The maximum absolute atomic E-state index is 12.8. The van der Waals surface area contributed by atoms with Crippen LogP contribution in [0.4, 0.5) is 4.79 Å². The Morgan fingerprint density at radius 2 is 1.88 bits per heavy atom. The molecule has 24 heavy (non-hydrogen) atoms. The molecular formula is C18H31NO5. The first-order valence-corrected chi connectivity index (χ1v) is 9.20. The number of ether oxygens (including phenoxy) is 2. The van der Waals surface area contributed by atoms with Crippen LogP contribution >= 0.6 is 0 Å². The van der Waals surface area contributed by atoms with E-state index in [1.54, 1.807) is 4.90 Å². The van der Waals surface area contributed by atoms with Crippen LogP contribution in [0.2, 0.25) is 0 Å². The molecule has 138 valence electrons. The van der Waals surface area contributed by atoms with Crippen molar-refractivity contribution in [3.63, 3.8) is 0 Å². The smallest absolute Gasteiger partial charge is 0.413 e. The number of amides is 1. The lowest BCUT2D eigenvalue weighted by Gasteiger charge is -2.39. The molecule has 1 saturated heterocycles. The summed E-state index contributed by atoms with van der Waals surface area (Å²) in [4.78, 5) is 25.9. The summed E-state index contributed by atoms with van der Waals surface area (Å²) in [6.45, 7) is 6.44. The minimum atomic E-state index is -1.08. The number of carbonyl (C=O) groups is 2. The molecule has 6 nitrogen and oxygen atoms in total. The Bertz CT molecular complexity index is 456. The molecule has 1 N–H and O–H groups in total. The standard InChI is InChI=1S/C18H31NO5/c1-4-5-6-7-10-14(15(20)21)24-16(22)19-17(2,3)13-23-18(19)11-8-9-12-18/h14H,4-13H2,1-3H3,(H,20,21)/t14-/m1/s1. The van der Waals surface area contributed by atoms with E-state index in [0.29, 0.717) is 13.0 Å². The van der Waals surface area contributed by atoms with E-state index in [9.17, 15) is 14.7 Å². The third-order valence-corrected chi connectivity index (χ3v) is 5.11. The first kappa shape index (κ1) is 19.0. The Hall–Kier alpha value is -1.30. The van der Waals surface area contributed by atoms with E-state index in [1.807, 2.05) is 13.8 Å². The van der Waals surface area contributed by atoms with Crippen molar-refractivity contribution in [3.8, 4) is 0 Å². The van der Waals surface area contributed by atoms with E-state index >= 15 is 0 Å². The number of unbranched alkanes of at least 4 members (excludes halogenated alkanes) is 3. The Labute approximate surface area is 144 Å². The van der Waals surface area contributed by atoms with Crippen LogP contribution in [-0.2, 0) is 14.3 Å². The summed E-state index contributed by atoms with van der Waals surface area (Å²) in [6, 6.07) is 0. The molecule has 2 aliphatic rings. The molecule has 1 spiro atoms. The first-order valence-electron chi connectivity index (χ1n) is 9.20. The zero-order chi connectivity index (χ0) is 17.8. The third kappa shape index (κ3) is 4.02. The molecule has 1 amide bonds. The number of aliphatic carboxylic acids is 1. The van der Waals surface area contributed by atoms with Crippen LogP contribution in [0.1, 0.15) is 78.6 Å². The molecule has 2 rings (SSSR count). The number of hydrogen-bond acceptors (Lipinski definition) is 4. The lowest BCUT2D eigenvalue weighted by atomic mass is 10.0. The van der Waals surface area contributed by atoms with Gasteiger partial charge in [-0.25, -0.2) is 9.59 Å². The fourth-order valence-electron chi connectivity index (χ4n) is 3.86. The van der Waals surface area contributed by atoms with Crippen LogP contribution in [0.3, 0.4) is 0 Å². The summed E-state index contributed by atoms with van der Waals surface area (Å²) in [5, 5.41) is 9.38. The maximum Gasteiger partial charge on any atom is 0.413 e. The lowest BCUT2D eigenvalue weighted by Crippen LogP contribution is -2.55. The monoisotopic (exact) mass is 341 g/mol. The molecule has 1 aliphatic carbocycles. The van der Waals surface area contributed by atoms with Gasteiger partial charge in [-0.05, 0) is 52.4 Å². The molecule has 1 aliphatic heterocycles. The summed E-state index contributed by atoms with van der Waals surface area (Å²) in [5.41, 5.74) is -1.08. The summed E-state index contributed by atoms with van der Waals surface area (Å²) in [7, 11) is 0. The van der Waals surface area contributed by atoms with Gasteiger partial charge >= 0.3 is 12.1 Å². The molecule has 0 aromatic rings. The van der Waals surface area contributed by atoms with Gasteiger partial charge in [0.15, 0.2) is 0 Å². The number of rotatable bonds is 7. The van der Waals surface area contributed by atoms with Gasteiger partial charge in [-0.3, -0.25) is 4.90 Å². The SMILES string of the molecule is CCCCCC[C@@H](OC(=O)N1C(C)(C)COC12CCCC2)C(=O)O. The minimum absolute atomic E-state index is 0.364. The number of hydrogen-bond donors (Lipinski definition) is 1. The number of nitrogens with zero attached hydrogens (tertiary/aromatic N) is 1. The average molecular weight is 341 g/mol. The molecule has 0 bridgehead atoms. The molecule has 0 unspecified atom stereocenters. The summed E-state index contributed by atoms with van der Waals surface area (Å²) in [5.74, 6) is -1.07. The van der Waals surface area contributed by atoms with E-state index in [2.05, 4.69) is 6.92 Å². The molecule has 2 fully saturated rings. The van der Waals surface area contributed by atoms with Crippen LogP contribution in [0.15, 0.2) is 0 Å². The van der Waals surface area contributed by atoms with E-state index in [-0.39, 0.29) is 0 Å². The van der Waals surface area contributed by atoms with Crippen LogP contribution in [0, 0.1) is 0 Å². The zero-order valence-electron chi connectivity index (χ0n) is 15.2. The molecule has 0 aromatic heterocycles. The van der Waals surface area contributed by atoms with Crippen molar-refractivity contribution in [2.45, 2.75) is 95.9 Å². The van der Waals surface area contributed by atoms with Crippen LogP contribution in [0.5, 0.6) is 0 Å². The van der Waals surface area contributed by atoms with Crippen LogP contribution < -0.4 is 0 Å². The van der Waals surface area contributed by atoms with Crippen LogP contribution in [0.25, 0.3) is 0 Å². The van der Waals surface area contributed by atoms with Crippen molar-refractivity contribution < 1.29 is 24.2 Å². The second-order valence-electron chi connectivity index (χ2n) is 7.65. The topological polar surface area (TPSA) is 76.1 Å². The number of carbonyl (C=O) groups excluding carboxylic acids is 1. The minimum Gasteiger partial charge on any atom is -0.479 e. The van der Waals surface area contributed by atoms with Gasteiger partial charge in [0.25, 0.3) is 0 Å². The second-order valence-corrected chi connectivity index (χ2v) is 7.65. The molecule has 0 radical (unpaired) electrons. The predicted octanol–water partition coefficient (Wildman–Crippen LogP) is 3.93. The zero-order valence-corrected chi connectivity index (χ0v) is 15.2. The Kier molecular flexibility index (Phi) is 6.12. The molecule has 0 aromatic carbocycles. The highest BCUT2D eigenvalue weighted by Gasteiger charge is 2.56. The van der Waals surface area contributed by atoms with Crippen LogP contribution in [-0.4, -0.2) is 46.0 Å². The van der Waals surface area contributed by atoms with Gasteiger partial charge in [0, 0.05) is 0 Å². The highest BCUT2D eigenvalue weighted by molar-refractivity contribution is 5.78. The largest absolute Gasteiger partial charge is 0.479 e. The fourth-order valence-corrected chi connectivity index (χ4v) is 3.86. The number of carboxylic acid groups (broad SMARTS) is 1. The molecule has 1 heterocycles. The van der Waals surface area contributed by atoms with Crippen molar-refractivity contribution >= 4 is 12.1 Å². The Balaban J connectivity index is 2.03. The van der Waals surface area contributed by atoms with Gasteiger partial charge in [-0.2, -0.15) is 0 Å². The summed E-state index contributed by atoms with van der Waals surface area (Å²) in [6.07, 6.45) is 6.20. The quantitative estimate of drug-likeness (QED) is 0.710. The summed E-state index contributed by atoms with van der Waals surface area (Å²) >= 11 is 0.